The molecule has 0 aliphatic carbocycles. The Kier molecular flexibility index (Phi) is 5.55. The Labute approximate surface area is 142 Å². The van der Waals surface area contributed by atoms with Crippen molar-refractivity contribution in [2.24, 2.45) is 10.2 Å². The predicted molar refractivity (Wildman–Crippen MR) is 87.9 cm³/mol. The summed E-state index contributed by atoms with van der Waals surface area (Å²) < 4.78 is 0. The van der Waals surface area contributed by atoms with E-state index in [2.05, 4.69) is 10.2 Å². The minimum atomic E-state index is -1.61. The Morgan fingerprint density at radius 2 is 1.75 bits per heavy atom. The molecule has 0 aliphatic rings. The summed E-state index contributed by atoms with van der Waals surface area (Å²) in [6.07, 6.45) is 0. The topological polar surface area (TPSA) is 96.2 Å². The number of nitrogens with zero attached hydrogens (tertiary/aromatic N) is 2. The normalized spacial score (nSPS) is 12.1. The van der Waals surface area contributed by atoms with Crippen molar-refractivity contribution in [3.8, 4) is 0 Å². The van der Waals surface area contributed by atoms with Gasteiger partial charge in [0.15, 0.2) is 11.6 Å². The Bertz CT molecular complexity index is 805. The van der Waals surface area contributed by atoms with Crippen LogP contribution >= 0.6 is 11.6 Å². The van der Waals surface area contributed by atoms with Gasteiger partial charge in [-0.3, -0.25) is 9.59 Å². The number of carbonyl (C=O) groups is 3. The number of Topliss-reactive ketones (excluding diaryl/α,β-unsaturated/α-hetero) is 1. The Hall–Kier alpha value is -2.86. The summed E-state index contributed by atoms with van der Waals surface area (Å²) in [7, 11) is 0. The zero-order valence-electron chi connectivity index (χ0n) is 12.6. The van der Waals surface area contributed by atoms with Crippen molar-refractivity contribution in [2.45, 2.75) is 13.0 Å². The van der Waals surface area contributed by atoms with Gasteiger partial charge in [-0.1, -0.05) is 41.9 Å². The first kappa shape index (κ1) is 17.5. The van der Waals surface area contributed by atoms with Gasteiger partial charge in [-0.25, -0.2) is 4.79 Å². The molecule has 1 N–H and O–H groups in total. The van der Waals surface area contributed by atoms with Gasteiger partial charge in [-0.15, -0.1) is 0 Å². The van der Waals surface area contributed by atoms with Crippen molar-refractivity contribution >= 4 is 34.8 Å². The second-order valence-electron chi connectivity index (χ2n) is 4.92. The van der Waals surface area contributed by atoms with Gasteiger partial charge < -0.3 is 5.11 Å². The van der Waals surface area contributed by atoms with E-state index in [1.54, 1.807) is 30.3 Å². The number of aliphatic carboxylic acids is 1. The SMILES string of the molecule is CC(=O)C(N=Nc1ccc(Cl)cc1C(=O)c1ccccc1)C(=O)O. The average Bonchev–Trinajstić information content (AvgIpc) is 2.55. The predicted octanol–water partition coefficient (Wildman–Crippen LogP) is 3.70. The highest BCUT2D eigenvalue weighted by Gasteiger charge is 2.22. The molecule has 1 unspecified atom stereocenters. The molecular formula is C17H13ClN2O4. The second kappa shape index (κ2) is 7.61. The molecule has 2 rings (SSSR count). The summed E-state index contributed by atoms with van der Waals surface area (Å²) in [5.41, 5.74) is 0.739. The molecule has 1 atom stereocenters. The highest BCUT2D eigenvalue weighted by molar-refractivity contribution is 6.31. The van der Waals surface area contributed by atoms with E-state index >= 15 is 0 Å². The lowest BCUT2D eigenvalue weighted by Crippen LogP contribution is -2.25. The second-order valence-corrected chi connectivity index (χ2v) is 5.36. The number of carbonyl (C=O) groups excluding carboxylic acids is 2. The molecule has 7 heteroatoms. The van der Waals surface area contributed by atoms with Crippen LogP contribution < -0.4 is 0 Å². The molecular weight excluding hydrogens is 332 g/mol. The first-order chi connectivity index (χ1) is 11.4. The van der Waals surface area contributed by atoms with Crippen molar-refractivity contribution < 1.29 is 19.5 Å². The van der Waals surface area contributed by atoms with Crippen LogP contribution in [0.1, 0.15) is 22.8 Å². The third-order valence-corrected chi connectivity index (χ3v) is 3.37. The van der Waals surface area contributed by atoms with Gasteiger partial charge in [0.1, 0.15) is 0 Å². The number of halogens is 1. The van der Waals surface area contributed by atoms with E-state index in [-0.39, 0.29) is 17.0 Å². The standard InChI is InChI=1S/C17H13ClN2O4/c1-10(21)15(17(23)24)20-19-14-8-7-12(18)9-13(14)16(22)11-5-3-2-4-6-11/h2-9,15H,1H3,(H,23,24). The van der Waals surface area contributed by atoms with Gasteiger partial charge in [0.25, 0.3) is 0 Å². The fourth-order valence-electron chi connectivity index (χ4n) is 1.95. The maximum absolute atomic E-state index is 12.6. The van der Waals surface area contributed by atoms with Crippen LogP contribution in [0.4, 0.5) is 5.69 Å². The lowest BCUT2D eigenvalue weighted by molar-refractivity contribution is -0.141. The number of ketones is 2. The highest BCUT2D eigenvalue weighted by atomic mass is 35.5. The Balaban J connectivity index is 2.43. The molecule has 0 aliphatic heterocycles. The fourth-order valence-corrected chi connectivity index (χ4v) is 2.12. The number of carboxylic acid groups (broad SMARTS) is 1. The van der Waals surface area contributed by atoms with Crippen LogP contribution in [0.25, 0.3) is 0 Å². The van der Waals surface area contributed by atoms with Crippen LogP contribution in [-0.4, -0.2) is 28.7 Å². The molecule has 0 heterocycles. The van der Waals surface area contributed by atoms with Gasteiger partial charge in [0, 0.05) is 10.6 Å². The smallest absolute Gasteiger partial charge is 0.338 e. The van der Waals surface area contributed by atoms with E-state index in [9.17, 15) is 14.4 Å². The highest BCUT2D eigenvalue weighted by Crippen LogP contribution is 2.26. The van der Waals surface area contributed by atoms with Gasteiger partial charge in [0.2, 0.25) is 6.04 Å². The van der Waals surface area contributed by atoms with Crippen LogP contribution in [0.15, 0.2) is 58.8 Å². The zero-order valence-corrected chi connectivity index (χ0v) is 13.4. The van der Waals surface area contributed by atoms with Crippen LogP contribution in [0, 0.1) is 0 Å². The summed E-state index contributed by atoms with van der Waals surface area (Å²) in [4.78, 5) is 34.9. The molecule has 2 aromatic carbocycles. The fraction of sp³-hybridized carbons (Fsp3) is 0.118. The summed E-state index contributed by atoms with van der Waals surface area (Å²) in [5, 5.41) is 16.6. The van der Waals surface area contributed by atoms with E-state index < -0.39 is 17.8 Å². The van der Waals surface area contributed by atoms with Gasteiger partial charge in [-0.05, 0) is 25.1 Å². The molecule has 122 valence electrons. The van der Waals surface area contributed by atoms with Crippen molar-refractivity contribution in [3.63, 3.8) is 0 Å². The van der Waals surface area contributed by atoms with E-state index in [1.165, 1.54) is 18.2 Å². The third-order valence-electron chi connectivity index (χ3n) is 3.14. The van der Waals surface area contributed by atoms with E-state index in [0.717, 1.165) is 6.92 Å². The van der Waals surface area contributed by atoms with Crippen molar-refractivity contribution in [1.82, 2.24) is 0 Å². The summed E-state index contributed by atoms with van der Waals surface area (Å²) >= 11 is 5.94. The minimum absolute atomic E-state index is 0.140. The van der Waals surface area contributed by atoms with Gasteiger partial charge >= 0.3 is 5.97 Å². The summed E-state index contributed by atoms with van der Waals surface area (Å²) in [6.45, 7) is 1.11. The first-order valence-electron chi connectivity index (χ1n) is 6.93. The summed E-state index contributed by atoms with van der Waals surface area (Å²) in [5.74, 6) is -2.39. The Morgan fingerprint density at radius 3 is 2.33 bits per heavy atom. The number of hydrogen-bond acceptors (Lipinski definition) is 5. The molecule has 24 heavy (non-hydrogen) atoms. The third kappa shape index (κ3) is 4.11. The molecule has 0 amide bonds. The lowest BCUT2D eigenvalue weighted by Gasteiger charge is -2.06. The molecule has 0 spiro atoms. The number of azo groups is 1. The molecule has 0 saturated heterocycles. The van der Waals surface area contributed by atoms with Crippen LogP contribution in [0.2, 0.25) is 5.02 Å². The van der Waals surface area contributed by atoms with E-state index in [0.29, 0.717) is 10.6 Å². The molecule has 0 aromatic heterocycles. The lowest BCUT2D eigenvalue weighted by atomic mass is 10.0. The van der Waals surface area contributed by atoms with Crippen molar-refractivity contribution in [2.75, 3.05) is 0 Å². The van der Waals surface area contributed by atoms with E-state index in [1.807, 2.05) is 0 Å². The first-order valence-corrected chi connectivity index (χ1v) is 7.31. The molecule has 0 radical (unpaired) electrons. The quantitative estimate of drug-likeness (QED) is 0.491. The number of carboxylic acids is 1. The monoisotopic (exact) mass is 344 g/mol. The van der Waals surface area contributed by atoms with Crippen LogP contribution in [-0.2, 0) is 9.59 Å². The average molecular weight is 345 g/mol. The summed E-state index contributed by atoms with van der Waals surface area (Å²) in [6, 6.07) is 11.3. The molecule has 0 bridgehead atoms. The van der Waals surface area contributed by atoms with Crippen LogP contribution in [0.5, 0.6) is 0 Å². The van der Waals surface area contributed by atoms with Crippen molar-refractivity contribution in [3.05, 3.63) is 64.7 Å². The molecule has 2 aromatic rings. The van der Waals surface area contributed by atoms with Gasteiger partial charge in [-0.2, -0.15) is 10.2 Å². The number of rotatable bonds is 6. The largest absolute Gasteiger partial charge is 0.479 e. The minimum Gasteiger partial charge on any atom is -0.479 e. The molecule has 0 fully saturated rings. The van der Waals surface area contributed by atoms with Gasteiger partial charge in [0.05, 0.1) is 11.3 Å². The van der Waals surface area contributed by atoms with Crippen LogP contribution in [0.3, 0.4) is 0 Å². The maximum atomic E-state index is 12.6. The molecule has 6 nitrogen and oxygen atoms in total. The van der Waals surface area contributed by atoms with E-state index in [4.69, 9.17) is 16.7 Å². The number of hydrogen-bond donors (Lipinski definition) is 1. The number of benzene rings is 2. The maximum Gasteiger partial charge on any atom is 0.338 e. The molecule has 0 saturated carbocycles. The van der Waals surface area contributed by atoms with Crippen molar-refractivity contribution in [1.29, 1.82) is 0 Å². The zero-order chi connectivity index (χ0) is 17.7. The Morgan fingerprint density at radius 1 is 1.08 bits per heavy atom.